The minimum absolute atomic E-state index is 0.413. The molecule has 0 fully saturated rings. The second-order valence-corrected chi connectivity index (χ2v) is 19.5. The van der Waals surface area contributed by atoms with Crippen molar-refractivity contribution in [3.63, 3.8) is 0 Å². The first-order valence-corrected chi connectivity index (χ1v) is 20.2. The first-order valence-electron chi connectivity index (χ1n) is 14.0. The summed E-state index contributed by atoms with van der Waals surface area (Å²) in [4.78, 5) is 0. The SMILES string of the molecule is C[Si]1(C)CCCOCCOc2ccccc2OCCOCCOc2ccccc2OCCOCC[Si](C)(C)O1. The topological polar surface area (TPSA) is 73.8 Å². The Bertz CT molecular complexity index is 956. The maximum absolute atomic E-state index is 6.73. The lowest BCUT2D eigenvalue weighted by molar-refractivity contribution is 0.0723. The molecule has 39 heavy (non-hydrogen) atoms. The molecule has 1 heterocycles. The summed E-state index contributed by atoms with van der Waals surface area (Å²) in [7, 11) is -3.60. The molecule has 0 amide bonds. The summed E-state index contributed by atoms with van der Waals surface area (Å²) < 4.78 is 47.8. The van der Waals surface area contributed by atoms with E-state index in [0.717, 1.165) is 18.5 Å². The van der Waals surface area contributed by atoms with Gasteiger partial charge < -0.3 is 37.3 Å². The zero-order valence-corrected chi connectivity index (χ0v) is 26.1. The van der Waals surface area contributed by atoms with Gasteiger partial charge in [-0.05, 0) is 69.0 Å². The van der Waals surface area contributed by atoms with Crippen LogP contribution in [0.3, 0.4) is 0 Å². The number of para-hydroxylation sites is 4. The molecular formula is C29H46O8Si2. The van der Waals surface area contributed by atoms with Crippen molar-refractivity contribution in [2.75, 3.05) is 66.1 Å². The van der Waals surface area contributed by atoms with E-state index >= 15 is 0 Å². The van der Waals surface area contributed by atoms with Gasteiger partial charge >= 0.3 is 0 Å². The van der Waals surface area contributed by atoms with Crippen LogP contribution in [0.4, 0.5) is 0 Å². The standard InChI is InChI=1S/C29H46O8Si2/c1-38(2)24-9-14-30-15-19-33-26-10-5-6-11-27(26)34-20-16-31-17-21-35-28-12-7-8-13-29(28)36-22-18-32-23-25-39(3,4)37-38/h5-8,10-13H,9,14-25H2,1-4H3. The number of hydrogen-bond donors (Lipinski definition) is 0. The zero-order valence-electron chi connectivity index (χ0n) is 24.1. The number of benzene rings is 2. The number of rotatable bonds is 0. The predicted octanol–water partition coefficient (Wildman–Crippen LogP) is 5.78. The zero-order chi connectivity index (χ0) is 27.8. The van der Waals surface area contributed by atoms with Gasteiger partial charge in [-0.1, -0.05) is 24.3 Å². The molecule has 1 aliphatic rings. The van der Waals surface area contributed by atoms with Crippen molar-refractivity contribution in [1.82, 2.24) is 0 Å². The van der Waals surface area contributed by atoms with Crippen LogP contribution in [0.25, 0.3) is 0 Å². The van der Waals surface area contributed by atoms with E-state index in [1.165, 1.54) is 0 Å². The Morgan fingerprint density at radius 1 is 0.436 bits per heavy atom. The highest BCUT2D eigenvalue weighted by molar-refractivity contribution is 6.84. The van der Waals surface area contributed by atoms with E-state index in [4.69, 9.17) is 37.3 Å². The van der Waals surface area contributed by atoms with Crippen LogP contribution < -0.4 is 18.9 Å². The highest BCUT2D eigenvalue weighted by Gasteiger charge is 2.32. The lowest BCUT2D eigenvalue weighted by Gasteiger charge is -2.34. The van der Waals surface area contributed by atoms with Gasteiger partial charge in [-0.3, -0.25) is 0 Å². The van der Waals surface area contributed by atoms with Gasteiger partial charge in [-0.15, -0.1) is 0 Å². The molecule has 0 saturated heterocycles. The monoisotopic (exact) mass is 578 g/mol. The highest BCUT2D eigenvalue weighted by Crippen LogP contribution is 2.27. The van der Waals surface area contributed by atoms with Crippen LogP contribution in [0.2, 0.25) is 38.3 Å². The van der Waals surface area contributed by atoms with Gasteiger partial charge in [0.25, 0.3) is 0 Å². The molecule has 0 unspecified atom stereocenters. The third-order valence-corrected chi connectivity index (χ3v) is 13.5. The van der Waals surface area contributed by atoms with E-state index in [1.807, 2.05) is 48.5 Å². The molecule has 0 N–H and O–H groups in total. The molecule has 0 aromatic heterocycles. The molecule has 0 saturated carbocycles. The van der Waals surface area contributed by atoms with E-state index in [9.17, 15) is 0 Å². The summed E-state index contributed by atoms with van der Waals surface area (Å²) in [6.07, 6.45) is 0.989. The summed E-state index contributed by atoms with van der Waals surface area (Å²) in [6, 6.07) is 17.4. The molecule has 3 rings (SSSR count). The van der Waals surface area contributed by atoms with Crippen molar-refractivity contribution in [3.8, 4) is 23.0 Å². The molecule has 218 valence electrons. The van der Waals surface area contributed by atoms with Crippen LogP contribution >= 0.6 is 0 Å². The Morgan fingerprint density at radius 3 is 1.23 bits per heavy atom. The Morgan fingerprint density at radius 2 is 0.795 bits per heavy atom. The van der Waals surface area contributed by atoms with E-state index in [-0.39, 0.29) is 0 Å². The third-order valence-electron chi connectivity index (χ3n) is 6.11. The second-order valence-electron chi connectivity index (χ2n) is 10.6. The van der Waals surface area contributed by atoms with Crippen LogP contribution in [0.15, 0.2) is 48.5 Å². The average molecular weight is 579 g/mol. The molecule has 0 atom stereocenters. The fraction of sp³-hybridized carbons (Fsp3) is 0.586. The van der Waals surface area contributed by atoms with Crippen molar-refractivity contribution in [2.24, 2.45) is 0 Å². The fourth-order valence-corrected chi connectivity index (χ4v) is 12.7. The van der Waals surface area contributed by atoms with E-state index in [1.54, 1.807) is 0 Å². The molecular weight excluding hydrogens is 532 g/mol. The van der Waals surface area contributed by atoms with E-state index in [0.29, 0.717) is 89.1 Å². The molecule has 8 nitrogen and oxygen atoms in total. The normalized spacial score (nSPS) is 20.8. The fourth-order valence-electron chi connectivity index (χ4n) is 4.29. The molecule has 0 radical (unpaired) electrons. The highest BCUT2D eigenvalue weighted by atomic mass is 28.4. The van der Waals surface area contributed by atoms with E-state index < -0.39 is 16.6 Å². The lowest BCUT2D eigenvalue weighted by Crippen LogP contribution is -2.45. The maximum atomic E-state index is 6.73. The molecule has 0 aliphatic carbocycles. The van der Waals surface area contributed by atoms with E-state index in [2.05, 4.69) is 26.2 Å². The van der Waals surface area contributed by atoms with Crippen LogP contribution in [-0.4, -0.2) is 82.7 Å². The number of ether oxygens (including phenoxy) is 7. The summed E-state index contributed by atoms with van der Waals surface area (Å²) in [5, 5.41) is 0. The van der Waals surface area contributed by atoms with Crippen LogP contribution in [0.1, 0.15) is 6.42 Å². The Kier molecular flexibility index (Phi) is 13.6. The molecule has 0 spiro atoms. The summed E-state index contributed by atoms with van der Waals surface area (Å²) in [6.45, 7) is 14.3. The van der Waals surface area contributed by atoms with Crippen molar-refractivity contribution < 1.29 is 37.3 Å². The summed E-state index contributed by atoms with van der Waals surface area (Å²) >= 11 is 0. The van der Waals surface area contributed by atoms with Gasteiger partial charge in [-0.2, -0.15) is 0 Å². The largest absolute Gasteiger partial charge is 0.487 e. The summed E-state index contributed by atoms with van der Waals surface area (Å²) in [5.74, 6) is 2.80. The predicted molar refractivity (Wildman–Crippen MR) is 158 cm³/mol. The molecule has 2 aromatic rings. The van der Waals surface area contributed by atoms with Crippen molar-refractivity contribution in [2.45, 2.75) is 44.7 Å². The first-order chi connectivity index (χ1) is 18.8. The first kappa shape index (κ1) is 31.4. The quantitative estimate of drug-likeness (QED) is 0.364. The van der Waals surface area contributed by atoms with Crippen LogP contribution in [0, 0.1) is 0 Å². The molecule has 1 aliphatic heterocycles. The lowest BCUT2D eigenvalue weighted by atomic mass is 10.3. The molecule has 2 aromatic carbocycles. The Balaban J connectivity index is 1.54. The van der Waals surface area contributed by atoms with Gasteiger partial charge in [0, 0.05) is 13.2 Å². The van der Waals surface area contributed by atoms with Gasteiger partial charge in [0.15, 0.2) is 39.6 Å². The Hall–Kier alpha value is -2.09. The van der Waals surface area contributed by atoms with Gasteiger partial charge in [0.05, 0.1) is 26.4 Å². The van der Waals surface area contributed by atoms with Crippen molar-refractivity contribution >= 4 is 16.6 Å². The van der Waals surface area contributed by atoms with Crippen molar-refractivity contribution in [1.29, 1.82) is 0 Å². The minimum Gasteiger partial charge on any atom is -0.487 e. The maximum Gasteiger partial charge on any atom is 0.175 e. The van der Waals surface area contributed by atoms with Gasteiger partial charge in [0.2, 0.25) is 0 Å². The van der Waals surface area contributed by atoms with Crippen LogP contribution in [-0.2, 0) is 18.3 Å². The number of fused-ring (bicyclic) bond motifs is 2. The second kappa shape index (κ2) is 16.9. The van der Waals surface area contributed by atoms with Gasteiger partial charge in [-0.25, -0.2) is 0 Å². The third kappa shape index (κ3) is 12.8. The minimum atomic E-state index is -1.82. The number of hydrogen-bond acceptors (Lipinski definition) is 8. The van der Waals surface area contributed by atoms with Crippen LogP contribution in [0.5, 0.6) is 23.0 Å². The smallest absolute Gasteiger partial charge is 0.175 e. The average Bonchev–Trinajstić information content (AvgIpc) is 2.89. The Labute approximate surface area is 236 Å². The molecule has 10 heteroatoms. The van der Waals surface area contributed by atoms with Crippen molar-refractivity contribution in [3.05, 3.63) is 48.5 Å². The molecule has 0 bridgehead atoms. The summed E-state index contributed by atoms with van der Waals surface area (Å²) in [5.41, 5.74) is 0. The van der Waals surface area contributed by atoms with Gasteiger partial charge in [0.1, 0.15) is 26.4 Å².